The predicted octanol–water partition coefficient (Wildman–Crippen LogP) is 4.56. The maximum atomic E-state index is 12.9. The minimum absolute atomic E-state index is 0.0515. The largest absolute Gasteiger partial charge is 0.326 e. The highest BCUT2D eigenvalue weighted by Crippen LogP contribution is 2.60. The third kappa shape index (κ3) is 2.40. The van der Waals surface area contributed by atoms with Crippen molar-refractivity contribution < 1.29 is 4.79 Å². The van der Waals surface area contributed by atoms with Crippen LogP contribution >= 0.6 is 11.8 Å². The molecule has 21 heavy (non-hydrogen) atoms. The van der Waals surface area contributed by atoms with Gasteiger partial charge in [-0.3, -0.25) is 4.79 Å². The molecule has 4 fully saturated rings. The van der Waals surface area contributed by atoms with Gasteiger partial charge in [0.15, 0.2) is 0 Å². The average Bonchev–Trinajstić information content (AvgIpc) is 2.46. The van der Waals surface area contributed by atoms with Gasteiger partial charge < -0.3 is 5.32 Å². The summed E-state index contributed by atoms with van der Waals surface area (Å²) in [6.45, 7) is 0. The standard InChI is InChI=1S/C18H23NOS/c1-21-16-4-2-3-15(8-16)19-17(20)18-9-12-5-13(10-18)7-14(6-12)11-18/h2-4,8,12-14H,5-7,9-11H2,1H3,(H,19,20). The molecule has 2 nitrogen and oxygen atoms in total. The van der Waals surface area contributed by atoms with Gasteiger partial charge in [0.05, 0.1) is 5.41 Å². The normalized spacial score (nSPS) is 36.7. The fourth-order valence-corrected chi connectivity index (χ4v) is 5.81. The van der Waals surface area contributed by atoms with Gasteiger partial charge >= 0.3 is 0 Å². The number of amides is 1. The zero-order chi connectivity index (χ0) is 14.4. The molecule has 5 rings (SSSR count). The molecule has 0 radical (unpaired) electrons. The first kappa shape index (κ1) is 13.7. The van der Waals surface area contributed by atoms with Crippen LogP contribution in [0.1, 0.15) is 38.5 Å². The fraction of sp³-hybridized carbons (Fsp3) is 0.611. The van der Waals surface area contributed by atoms with Crippen LogP contribution in [0.25, 0.3) is 0 Å². The number of thioether (sulfide) groups is 1. The van der Waals surface area contributed by atoms with Crippen molar-refractivity contribution in [3.8, 4) is 0 Å². The third-order valence-electron chi connectivity index (χ3n) is 5.85. The number of benzene rings is 1. The molecule has 1 aromatic rings. The van der Waals surface area contributed by atoms with Gasteiger partial charge in [-0.05, 0) is 80.7 Å². The molecule has 1 aromatic carbocycles. The Morgan fingerprint density at radius 1 is 1.14 bits per heavy atom. The first-order chi connectivity index (χ1) is 10.2. The molecule has 112 valence electrons. The molecule has 0 aliphatic heterocycles. The summed E-state index contributed by atoms with van der Waals surface area (Å²) in [5, 5.41) is 3.22. The lowest BCUT2D eigenvalue weighted by atomic mass is 9.49. The van der Waals surface area contributed by atoms with E-state index in [-0.39, 0.29) is 5.41 Å². The predicted molar refractivity (Wildman–Crippen MR) is 87.5 cm³/mol. The van der Waals surface area contributed by atoms with E-state index in [1.54, 1.807) is 11.8 Å². The van der Waals surface area contributed by atoms with Crippen molar-refractivity contribution in [1.82, 2.24) is 0 Å². The Balaban J connectivity index is 1.54. The van der Waals surface area contributed by atoms with Crippen molar-refractivity contribution >= 4 is 23.4 Å². The van der Waals surface area contributed by atoms with E-state index in [1.165, 1.54) is 24.2 Å². The van der Waals surface area contributed by atoms with Crippen LogP contribution in [0.2, 0.25) is 0 Å². The second kappa shape index (κ2) is 5.05. The van der Waals surface area contributed by atoms with Crippen LogP contribution in [-0.2, 0) is 4.79 Å². The third-order valence-corrected chi connectivity index (χ3v) is 6.57. The number of rotatable bonds is 3. The topological polar surface area (TPSA) is 29.1 Å². The lowest BCUT2D eigenvalue weighted by Crippen LogP contribution is -2.51. The zero-order valence-electron chi connectivity index (χ0n) is 12.6. The van der Waals surface area contributed by atoms with Crippen molar-refractivity contribution in [3.05, 3.63) is 24.3 Å². The Morgan fingerprint density at radius 3 is 2.33 bits per heavy atom. The van der Waals surface area contributed by atoms with Crippen molar-refractivity contribution in [2.45, 2.75) is 43.4 Å². The summed E-state index contributed by atoms with van der Waals surface area (Å²) in [5.41, 5.74) is 0.909. The second-order valence-electron chi connectivity index (χ2n) is 7.38. The van der Waals surface area contributed by atoms with Crippen molar-refractivity contribution in [2.24, 2.45) is 23.2 Å². The van der Waals surface area contributed by atoms with Crippen LogP contribution in [0.15, 0.2) is 29.2 Å². The summed E-state index contributed by atoms with van der Waals surface area (Å²) < 4.78 is 0. The molecule has 0 aromatic heterocycles. The molecule has 4 aliphatic carbocycles. The van der Waals surface area contributed by atoms with Gasteiger partial charge in [-0.25, -0.2) is 0 Å². The summed E-state index contributed by atoms with van der Waals surface area (Å²) in [4.78, 5) is 14.2. The molecule has 1 N–H and O–H groups in total. The lowest BCUT2D eigenvalue weighted by Gasteiger charge is -2.55. The Morgan fingerprint density at radius 2 is 1.76 bits per heavy atom. The van der Waals surface area contributed by atoms with Crippen LogP contribution in [0.4, 0.5) is 5.69 Å². The smallest absolute Gasteiger partial charge is 0.230 e. The van der Waals surface area contributed by atoms with Gasteiger partial charge in [0, 0.05) is 10.6 Å². The molecule has 4 saturated carbocycles. The minimum atomic E-state index is -0.0515. The Hall–Kier alpha value is -0.960. The zero-order valence-corrected chi connectivity index (χ0v) is 13.4. The summed E-state index contributed by atoms with van der Waals surface area (Å²) >= 11 is 1.72. The average molecular weight is 301 g/mol. The van der Waals surface area contributed by atoms with E-state index in [0.717, 1.165) is 42.7 Å². The van der Waals surface area contributed by atoms with E-state index in [2.05, 4.69) is 23.7 Å². The summed E-state index contributed by atoms with van der Waals surface area (Å²) in [7, 11) is 0. The molecule has 4 aliphatic rings. The Labute approximate surface area is 131 Å². The maximum Gasteiger partial charge on any atom is 0.230 e. The number of hydrogen-bond acceptors (Lipinski definition) is 2. The van der Waals surface area contributed by atoms with Crippen LogP contribution in [0, 0.1) is 23.2 Å². The number of nitrogens with one attached hydrogen (secondary N) is 1. The highest BCUT2D eigenvalue weighted by molar-refractivity contribution is 7.98. The Kier molecular flexibility index (Phi) is 3.29. The molecule has 1 amide bonds. The van der Waals surface area contributed by atoms with Crippen LogP contribution < -0.4 is 5.32 Å². The van der Waals surface area contributed by atoms with Crippen LogP contribution in [-0.4, -0.2) is 12.2 Å². The molecular formula is C18H23NOS. The number of hydrogen-bond donors (Lipinski definition) is 1. The van der Waals surface area contributed by atoms with Gasteiger partial charge in [0.2, 0.25) is 5.91 Å². The molecule has 0 heterocycles. The summed E-state index contributed by atoms with van der Waals surface area (Å²) in [6.07, 6.45) is 9.62. The molecule has 0 unspecified atom stereocenters. The Bertz CT molecular complexity index is 533. The van der Waals surface area contributed by atoms with Gasteiger partial charge in [-0.2, -0.15) is 0 Å². The molecule has 0 spiro atoms. The fourth-order valence-electron chi connectivity index (χ4n) is 5.35. The first-order valence-corrected chi connectivity index (χ1v) is 9.35. The molecule has 3 heteroatoms. The van der Waals surface area contributed by atoms with Crippen LogP contribution in [0.5, 0.6) is 0 Å². The number of carbonyl (C=O) groups excluding carboxylic acids is 1. The number of carbonyl (C=O) groups is 1. The van der Waals surface area contributed by atoms with Crippen molar-refractivity contribution in [2.75, 3.05) is 11.6 Å². The summed E-state index contributed by atoms with van der Waals surface area (Å²) in [5.74, 6) is 2.75. The summed E-state index contributed by atoms with van der Waals surface area (Å²) in [6, 6.07) is 8.22. The van der Waals surface area contributed by atoms with E-state index in [4.69, 9.17) is 0 Å². The van der Waals surface area contributed by atoms with E-state index >= 15 is 0 Å². The second-order valence-corrected chi connectivity index (χ2v) is 8.26. The first-order valence-electron chi connectivity index (χ1n) is 8.12. The lowest BCUT2D eigenvalue weighted by molar-refractivity contribution is -0.140. The van der Waals surface area contributed by atoms with Gasteiger partial charge in [-0.15, -0.1) is 11.8 Å². The van der Waals surface area contributed by atoms with E-state index in [0.29, 0.717) is 5.91 Å². The minimum Gasteiger partial charge on any atom is -0.326 e. The SMILES string of the molecule is CSc1cccc(NC(=O)C23CC4CC(CC(C4)C2)C3)c1. The molecular weight excluding hydrogens is 278 g/mol. The quantitative estimate of drug-likeness (QED) is 0.829. The van der Waals surface area contributed by atoms with Gasteiger partial charge in [0.1, 0.15) is 0 Å². The highest BCUT2D eigenvalue weighted by Gasteiger charge is 2.54. The van der Waals surface area contributed by atoms with E-state index in [9.17, 15) is 4.79 Å². The van der Waals surface area contributed by atoms with Crippen molar-refractivity contribution in [3.63, 3.8) is 0 Å². The maximum absolute atomic E-state index is 12.9. The molecule has 0 atom stereocenters. The molecule has 4 bridgehead atoms. The van der Waals surface area contributed by atoms with Gasteiger partial charge in [0.25, 0.3) is 0 Å². The van der Waals surface area contributed by atoms with Crippen LogP contribution in [0.3, 0.4) is 0 Å². The highest BCUT2D eigenvalue weighted by atomic mass is 32.2. The number of anilines is 1. The van der Waals surface area contributed by atoms with Crippen molar-refractivity contribution in [1.29, 1.82) is 0 Å². The monoisotopic (exact) mass is 301 g/mol. The van der Waals surface area contributed by atoms with Gasteiger partial charge in [-0.1, -0.05) is 6.07 Å². The van der Waals surface area contributed by atoms with E-state index in [1.807, 2.05) is 12.1 Å². The van der Waals surface area contributed by atoms with E-state index < -0.39 is 0 Å². The molecule has 0 saturated heterocycles.